The van der Waals surface area contributed by atoms with Crippen LogP contribution in [0.15, 0.2) is 41.9 Å². The predicted molar refractivity (Wildman–Crippen MR) is 96.2 cm³/mol. The third kappa shape index (κ3) is 4.19. The van der Waals surface area contributed by atoms with Crippen molar-refractivity contribution < 1.29 is 14.3 Å². The van der Waals surface area contributed by atoms with Gasteiger partial charge in [-0.3, -0.25) is 14.6 Å². The number of amides is 1. The molecule has 1 amide bonds. The highest BCUT2D eigenvalue weighted by Gasteiger charge is 2.12. The fourth-order valence-corrected chi connectivity index (χ4v) is 3.24. The maximum absolute atomic E-state index is 11.9. The molecule has 0 bridgehead atoms. The molecule has 0 aliphatic heterocycles. The molecule has 3 aromatic rings. The van der Waals surface area contributed by atoms with Crippen molar-refractivity contribution in [2.45, 2.75) is 13.3 Å². The molecular formula is C18H17N3O3S. The van der Waals surface area contributed by atoms with Gasteiger partial charge in [0, 0.05) is 22.5 Å². The van der Waals surface area contributed by atoms with Crippen molar-refractivity contribution in [1.29, 1.82) is 0 Å². The molecule has 0 radical (unpaired) electrons. The largest absolute Gasteiger partial charge is 0.465 e. The van der Waals surface area contributed by atoms with E-state index in [0.717, 1.165) is 21.5 Å². The number of benzene rings is 1. The van der Waals surface area contributed by atoms with Crippen LogP contribution in [0, 0.1) is 0 Å². The highest BCUT2D eigenvalue weighted by Crippen LogP contribution is 2.29. The Morgan fingerprint density at radius 2 is 2.08 bits per heavy atom. The van der Waals surface area contributed by atoms with Crippen molar-refractivity contribution in [2.75, 3.05) is 13.2 Å². The number of esters is 1. The van der Waals surface area contributed by atoms with E-state index in [1.807, 2.05) is 35.7 Å². The standard InChI is InChI=1S/C18H17N3O3S/c1-2-24-16(23)10-20-15(22)9-13-11-25-18(21-13)14-7-3-5-12-6-4-8-19-17(12)14/h3-8,11H,2,9-10H2,1H3,(H,20,22). The number of thiazole rings is 1. The zero-order valence-corrected chi connectivity index (χ0v) is 14.5. The molecule has 6 nitrogen and oxygen atoms in total. The van der Waals surface area contributed by atoms with Crippen LogP contribution >= 0.6 is 11.3 Å². The van der Waals surface area contributed by atoms with Crippen molar-refractivity contribution in [2.24, 2.45) is 0 Å². The fraction of sp³-hybridized carbons (Fsp3) is 0.222. The molecular weight excluding hydrogens is 338 g/mol. The smallest absolute Gasteiger partial charge is 0.325 e. The Morgan fingerprint density at radius 3 is 2.92 bits per heavy atom. The van der Waals surface area contributed by atoms with E-state index in [1.54, 1.807) is 13.1 Å². The molecule has 2 aromatic heterocycles. The van der Waals surface area contributed by atoms with Crippen LogP contribution in [0.5, 0.6) is 0 Å². The maximum atomic E-state index is 11.9. The summed E-state index contributed by atoms with van der Waals surface area (Å²) < 4.78 is 4.77. The summed E-state index contributed by atoms with van der Waals surface area (Å²) in [7, 11) is 0. The van der Waals surface area contributed by atoms with E-state index in [9.17, 15) is 9.59 Å². The third-order valence-electron chi connectivity index (χ3n) is 3.49. The van der Waals surface area contributed by atoms with Gasteiger partial charge in [-0.2, -0.15) is 0 Å². The molecule has 1 N–H and O–H groups in total. The lowest BCUT2D eigenvalue weighted by Gasteiger charge is -2.04. The number of hydrogen-bond acceptors (Lipinski definition) is 6. The van der Waals surface area contributed by atoms with E-state index in [-0.39, 0.29) is 18.9 Å². The number of aromatic nitrogens is 2. The van der Waals surface area contributed by atoms with Gasteiger partial charge in [0.1, 0.15) is 11.6 Å². The van der Waals surface area contributed by atoms with E-state index in [0.29, 0.717) is 12.3 Å². The Morgan fingerprint density at radius 1 is 1.24 bits per heavy atom. The number of rotatable bonds is 6. The Balaban J connectivity index is 1.70. The molecule has 0 unspecified atom stereocenters. The summed E-state index contributed by atoms with van der Waals surface area (Å²) in [6.07, 6.45) is 1.87. The van der Waals surface area contributed by atoms with Gasteiger partial charge in [-0.1, -0.05) is 18.2 Å². The minimum atomic E-state index is -0.448. The second-order valence-corrected chi connectivity index (χ2v) is 6.14. The summed E-state index contributed by atoms with van der Waals surface area (Å²) in [5.41, 5.74) is 2.49. The van der Waals surface area contributed by atoms with Crippen LogP contribution in [0.4, 0.5) is 0 Å². The summed E-state index contributed by atoms with van der Waals surface area (Å²) in [5, 5.41) is 6.24. The number of pyridine rings is 1. The molecule has 2 heterocycles. The SMILES string of the molecule is CCOC(=O)CNC(=O)Cc1csc(-c2cccc3cccnc23)n1. The summed E-state index contributed by atoms with van der Waals surface area (Å²) in [6.45, 7) is 1.89. The molecule has 128 valence electrons. The van der Waals surface area contributed by atoms with Crippen LogP contribution in [0.25, 0.3) is 21.5 Å². The lowest BCUT2D eigenvalue weighted by atomic mass is 10.1. The van der Waals surface area contributed by atoms with Crippen molar-refractivity contribution in [3.8, 4) is 10.6 Å². The van der Waals surface area contributed by atoms with E-state index in [4.69, 9.17) is 4.74 Å². The zero-order chi connectivity index (χ0) is 17.6. The Labute approximate surface area is 148 Å². The van der Waals surface area contributed by atoms with Crippen molar-refractivity contribution in [1.82, 2.24) is 15.3 Å². The van der Waals surface area contributed by atoms with E-state index < -0.39 is 5.97 Å². The molecule has 0 aliphatic carbocycles. The van der Waals surface area contributed by atoms with Gasteiger partial charge in [-0.05, 0) is 19.1 Å². The van der Waals surface area contributed by atoms with Gasteiger partial charge < -0.3 is 10.1 Å². The second-order valence-electron chi connectivity index (χ2n) is 5.28. The number of para-hydroxylation sites is 1. The van der Waals surface area contributed by atoms with Crippen LogP contribution < -0.4 is 5.32 Å². The Bertz CT molecular complexity index is 902. The molecule has 3 rings (SSSR count). The highest BCUT2D eigenvalue weighted by molar-refractivity contribution is 7.13. The first-order valence-electron chi connectivity index (χ1n) is 7.88. The second kappa shape index (κ2) is 7.85. The molecule has 0 spiro atoms. The first-order chi connectivity index (χ1) is 12.2. The van der Waals surface area contributed by atoms with Crippen LogP contribution in [0.2, 0.25) is 0 Å². The number of carbonyl (C=O) groups excluding carboxylic acids is 2. The topological polar surface area (TPSA) is 81.2 Å². The van der Waals surface area contributed by atoms with Crippen LogP contribution in [0.3, 0.4) is 0 Å². The van der Waals surface area contributed by atoms with Gasteiger partial charge in [0.25, 0.3) is 0 Å². The number of nitrogens with zero attached hydrogens (tertiary/aromatic N) is 2. The van der Waals surface area contributed by atoms with Crippen LogP contribution in [0.1, 0.15) is 12.6 Å². The third-order valence-corrected chi connectivity index (χ3v) is 4.42. The monoisotopic (exact) mass is 355 g/mol. The molecule has 25 heavy (non-hydrogen) atoms. The van der Waals surface area contributed by atoms with E-state index >= 15 is 0 Å². The zero-order valence-electron chi connectivity index (χ0n) is 13.7. The quantitative estimate of drug-likeness (QED) is 0.687. The van der Waals surface area contributed by atoms with Gasteiger partial charge in [-0.15, -0.1) is 11.3 Å². The van der Waals surface area contributed by atoms with Crippen molar-refractivity contribution in [3.05, 3.63) is 47.6 Å². The minimum Gasteiger partial charge on any atom is -0.465 e. The lowest BCUT2D eigenvalue weighted by Crippen LogP contribution is -2.31. The summed E-state index contributed by atoms with van der Waals surface area (Å²) in [4.78, 5) is 32.1. The predicted octanol–water partition coefficient (Wildman–Crippen LogP) is 2.58. The fourth-order valence-electron chi connectivity index (χ4n) is 2.40. The van der Waals surface area contributed by atoms with Gasteiger partial charge in [0.15, 0.2) is 0 Å². The normalized spacial score (nSPS) is 10.6. The van der Waals surface area contributed by atoms with E-state index in [1.165, 1.54) is 11.3 Å². The van der Waals surface area contributed by atoms with E-state index in [2.05, 4.69) is 15.3 Å². The molecule has 0 saturated heterocycles. The minimum absolute atomic E-state index is 0.119. The molecule has 0 fully saturated rings. The number of fused-ring (bicyclic) bond motifs is 1. The van der Waals surface area contributed by atoms with Gasteiger partial charge in [0.2, 0.25) is 5.91 Å². The summed E-state index contributed by atoms with van der Waals surface area (Å²) in [6, 6.07) is 9.84. The average molecular weight is 355 g/mol. The van der Waals surface area contributed by atoms with Gasteiger partial charge in [0.05, 0.1) is 24.2 Å². The van der Waals surface area contributed by atoms with Crippen molar-refractivity contribution >= 4 is 34.1 Å². The van der Waals surface area contributed by atoms with Crippen LogP contribution in [-0.2, 0) is 20.7 Å². The highest BCUT2D eigenvalue weighted by atomic mass is 32.1. The van der Waals surface area contributed by atoms with Crippen molar-refractivity contribution in [3.63, 3.8) is 0 Å². The average Bonchev–Trinajstić information content (AvgIpc) is 3.08. The molecule has 0 atom stereocenters. The van der Waals surface area contributed by atoms with Crippen LogP contribution in [-0.4, -0.2) is 35.0 Å². The molecule has 1 aromatic carbocycles. The molecule has 7 heteroatoms. The number of hydrogen-bond donors (Lipinski definition) is 1. The maximum Gasteiger partial charge on any atom is 0.325 e. The molecule has 0 saturated carbocycles. The summed E-state index contributed by atoms with van der Waals surface area (Å²) in [5.74, 6) is -0.711. The number of carbonyl (C=O) groups is 2. The lowest BCUT2D eigenvalue weighted by molar-refractivity contribution is -0.143. The van der Waals surface area contributed by atoms with Gasteiger partial charge in [-0.25, -0.2) is 4.98 Å². The van der Waals surface area contributed by atoms with Gasteiger partial charge >= 0.3 is 5.97 Å². The summed E-state index contributed by atoms with van der Waals surface area (Å²) >= 11 is 1.47. The number of ether oxygens (including phenoxy) is 1. The molecule has 0 aliphatic rings. The Kier molecular flexibility index (Phi) is 5.35. The first kappa shape index (κ1) is 17.0. The first-order valence-corrected chi connectivity index (χ1v) is 8.76. The number of nitrogens with one attached hydrogen (secondary N) is 1. The Hall–Kier alpha value is -2.80.